The van der Waals surface area contributed by atoms with Crippen LogP contribution in [0, 0.1) is 0 Å². The van der Waals surface area contributed by atoms with Crippen molar-refractivity contribution in [2.45, 2.75) is 38.3 Å². The van der Waals surface area contributed by atoms with Gasteiger partial charge in [0.1, 0.15) is 0 Å². The third-order valence-electron chi connectivity index (χ3n) is 3.79. The number of hydrogen-bond donors (Lipinski definition) is 1. The van der Waals surface area contributed by atoms with Gasteiger partial charge in [-0.05, 0) is 51.5 Å². The molecule has 0 spiro atoms. The number of nitrogens with one attached hydrogen (secondary N) is 1. The Morgan fingerprint density at radius 2 is 2.18 bits per heavy atom. The number of hydrogen-bond acceptors (Lipinski definition) is 3. The lowest BCUT2D eigenvalue weighted by molar-refractivity contribution is 0.136. The van der Waals surface area contributed by atoms with Crippen LogP contribution in [0.2, 0.25) is 0 Å². The van der Waals surface area contributed by atoms with Gasteiger partial charge in [0.05, 0.1) is 11.7 Å². The summed E-state index contributed by atoms with van der Waals surface area (Å²) in [5, 5.41) is 3.42. The van der Waals surface area contributed by atoms with E-state index >= 15 is 0 Å². The average molecular weight is 233 g/mol. The highest BCUT2D eigenvalue weighted by atomic mass is 15.2. The van der Waals surface area contributed by atoms with Crippen LogP contribution in [0.4, 0.5) is 0 Å². The van der Waals surface area contributed by atoms with Gasteiger partial charge in [0.2, 0.25) is 0 Å². The Bertz CT molecular complexity index is 319. The molecule has 1 saturated heterocycles. The third-order valence-corrected chi connectivity index (χ3v) is 3.79. The van der Waals surface area contributed by atoms with E-state index in [2.05, 4.69) is 41.3 Å². The maximum Gasteiger partial charge on any atom is 0.0575 e. The molecule has 17 heavy (non-hydrogen) atoms. The molecule has 0 aromatic carbocycles. The van der Waals surface area contributed by atoms with Gasteiger partial charge in [0, 0.05) is 12.2 Å². The van der Waals surface area contributed by atoms with Gasteiger partial charge in [-0.1, -0.05) is 13.0 Å². The lowest BCUT2D eigenvalue weighted by atomic mass is 10.0. The monoisotopic (exact) mass is 233 g/mol. The van der Waals surface area contributed by atoms with Crippen molar-refractivity contribution < 1.29 is 0 Å². The third kappa shape index (κ3) is 3.05. The molecular weight excluding hydrogens is 210 g/mol. The van der Waals surface area contributed by atoms with Crippen LogP contribution in [-0.2, 0) is 0 Å². The van der Waals surface area contributed by atoms with Crippen LogP contribution >= 0.6 is 0 Å². The smallest absolute Gasteiger partial charge is 0.0575 e. The molecule has 0 saturated carbocycles. The van der Waals surface area contributed by atoms with E-state index in [0.29, 0.717) is 12.1 Å². The molecule has 0 amide bonds. The lowest BCUT2D eigenvalue weighted by Crippen LogP contribution is -2.42. The molecule has 2 rings (SSSR count). The van der Waals surface area contributed by atoms with Crippen LogP contribution in [0.1, 0.15) is 37.9 Å². The van der Waals surface area contributed by atoms with Gasteiger partial charge in [0.25, 0.3) is 0 Å². The van der Waals surface area contributed by atoms with Gasteiger partial charge in [-0.2, -0.15) is 0 Å². The molecule has 1 atom stereocenters. The van der Waals surface area contributed by atoms with E-state index in [9.17, 15) is 0 Å². The molecule has 1 aromatic rings. The van der Waals surface area contributed by atoms with E-state index in [1.807, 2.05) is 12.3 Å². The molecule has 3 nitrogen and oxygen atoms in total. The lowest BCUT2D eigenvalue weighted by Gasteiger charge is -2.36. The van der Waals surface area contributed by atoms with Gasteiger partial charge in [-0.15, -0.1) is 0 Å². The van der Waals surface area contributed by atoms with Crippen LogP contribution < -0.4 is 5.32 Å². The normalized spacial score (nSPS) is 19.5. The minimum atomic E-state index is 0.458. The zero-order valence-corrected chi connectivity index (χ0v) is 10.9. The van der Waals surface area contributed by atoms with Crippen LogP contribution in [0.15, 0.2) is 24.4 Å². The van der Waals surface area contributed by atoms with E-state index in [4.69, 9.17) is 0 Å². The first-order valence-electron chi connectivity index (χ1n) is 6.66. The topological polar surface area (TPSA) is 28.2 Å². The summed E-state index contributed by atoms with van der Waals surface area (Å²) in [7, 11) is 2.25. The summed E-state index contributed by atoms with van der Waals surface area (Å²) in [6.07, 6.45) is 5.52. The number of pyridine rings is 1. The first kappa shape index (κ1) is 12.5. The van der Waals surface area contributed by atoms with Crippen LogP contribution in [0.3, 0.4) is 0 Å². The summed E-state index contributed by atoms with van der Waals surface area (Å²) in [6, 6.07) is 7.37. The average Bonchev–Trinajstić information content (AvgIpc) is 2.42. The van der Waals surface area contributed by atoms with Gasteiger partial charge in [-0.3, -0.25) is 9.88 Å². The van der Waals surface area contributed by atoms with Crippen molar-refractivity contribution in [2.75, 3.05) is 20.1 Å². The Morgan fingerprint density at radius 1 is 1.41 bits per heavy atom. The van der Waals surface area contributed by atoms with E-state index in [-0.39, 0.29) is 0 Å². The van der Waals surface area contributed by atoms with Crippen molar-refractivity contribution >= 4 is 0 Å². The summed E-state index contributed by atoms with van der Waals surface area (Å²) in [4.78, 5) is 7.03. The fourth-order valence-electron chi connectivity index (χ4n) is 2.75. The first-order chi connectivity index (χ1) is 8.33. The summed E-state index contributed by atoms with van der Waals surface area (Å²) >= 11 is 0. The maximum atomic E-state index is 4.51. The first-order valence-corrected chi connectivity index (χ1v) is 6.66. The van der Waals surface area contributed by atoms with E-state index in [0.717, 1.165) is 19.5 Å². The molecule has 0 bridgehead atoms. The number of rotatable bonds is 4. The summed E-state index contributed by atoms with van der Waals surface area (Å²) < 4.78 is 0. The summed E-state index contributed by atoms with van der Waals surface area (Å²) in [5.41, 5.74) is 1.20. The fraction of sp³-hybridized carbons (Fsp3) is 0.643. The van der Waals surface area contributed by atoms with Crippen LogP contribution in [0.25, 0.3) is 0 Å². The Morgan fingerprint density at radius 3 is 2.76 bits per heavy atom. The van der Waals surface area contributed by atoms with Crippen molar-refractivity contribution in [3.05, 3.63) is 30.1 Å². The van der Waals surface area contributed by atoms with Gasteiger partial charge < -0.3 is 5.32 Å². The van der Waals surface area contributed by atoms with Crippen LogP contribution in [0.5, 0.6) is 0 Å². The highest BCUT2D eigenvalue weighted by Crippen LogP contribution is 2.25. The Hall–Kier alpha value is -0.930. The Balaban J connectivity index is 2.07. The van der Waals surface area contributed by atoms with Gasteiger partial charge >= 0.3 is 0 Å². The second kappa shape index (κ2) is 6.12. The molecule has 3 heteroatoms. The number of nitrogens with zero attached hydrogens (tertiary/aromatic N) is 2. The molecule has 1 aliphatic rings. The summed E-state index contributed by atoms with van der Waals surface area (Å²) in [6.45, 7) is 4.54. The minimum Gasteiger partial charge on any atom is -0.317 e. The zero-order valence-electron chi connectivity index (χ0n) is 10.9. The SMILES string of the molecule is CC[C@@H](c1ccccn1)N(C)C1CCNCC1. The standard InChI is InChI=1S/C14H23N3/c1-3-14(13-6-4-5-9-16-13)17(2)12-7-10-15-11-8-12/h4-6,9,12,14-15H,3,7-8,10-11H2,1-2H3/t14-/m0/s1. The molecule has 0 radical (unpaired) electrons. The Labute approximate surface area is 104 Å². The predicted molar refractivity (Wildman–Crippen MR) is 70.9 cm³/mol. The van der Waals surface area contributed by atoms with E-state index < -0.39 is 0 Å². The number of piperidine rings is 1. The number of aromatic nitrogens is 1. The van der Waals surface area contributed by atoms with Crippen molar-refractivity contribution in [3.63, 3.8) is 0 Å². The highest BCUT2D eigenvalue weighted by molar-refractivity contribution is 5.09. The second-order valence-electron chi connectivity index (χ2n) is 4.83. The molecule has 94 valence electrons. The highest BCUT2D eigenvalue weighted by Gasteiger charge is 2.24. The minimum absolute atomic E-state index is 0.458. The molecule has 1 aliphatic heterocycles. The van der Waals surface area contributed by atoms with Crippen molar-refractivity contribution in [2.24, 2.45) is 0 Å². The molecule has 0 aliphatic carbocycles. The van der Waals surface area contributed by atoms with Gasteiger partial charge in [0.15, 0.2) is 0 Å². The molecule has 0 unspecified atom stereocenters. The fourth-order valence-corrected chi connectivity index (χ4v) is 2.75. The van der Waals surface area contributed by atoms with Gasteiger partial charge in [-0.25, -0.2) is 0 Å². The van der Waals surface area contributed by atoms with Crippen LogP contribution in [-0.4, -0.2) is 36.1 Å². The molecular formula is C14H23N3. The van der Waals surface area contributed by atoms with E-state index in [1.165, 1.54) is 18.5 Å². The van der Waals surface area contributed by atoms with Crippen molar-refractivity contribution in [3.8, 4) is 0 Å². The molecule has 1 fully saturated rings. The maximum absolute atomic E-state index is 4.51. The second-order valence-corrected chi connectivity index (χ2v) is 4.83. The predicted octanol–water partition coefficient (Wildman–Crippen LogP) is 2.22. The van der Waals surface area contributed by atoms with Crippen molar-refractivity contribution in [1.82, 2.24) is 15.2 Å². The molecule has 1 aromatic heterocycles. The zero-order chi connectivity index (χ0) is 12.1. The molecule has 2 heterocycles. The largest absolute Gasteiger partial charge is 0.317 e. The van der Waals surface area contributed by atoms with Crippen molar-refractivity contribution in [1.29, 1.82) is 0 Å². The quantitative estimate of drug-likeness (QED) is 0.864. The summed E-state index contributed by atoms with van der Waals surface area (Å²) in [5.74, 6) is 0. The van der Waals surface area contributed by atoms with E-state index in [1.54, 1.807) is 0 Å². The Kier molecular flexibility index (Phi) is 4.51. The molecule has 1 N–H and O–H groups in total.